The van der Waals surface area contributed by atoms with Crippen molar-refractivity contribution in [1.29, 1.82) is 0 Å². The van der Waals surface area contributed by atoms with E-state index in [0.29, 0.717) is 11.4 Å². The first-order valence-corrected chi connectivity index (χ1v) is 5.53. The molecule has 0 spiro atoms. The van der Waals surface area contributed by atoms with Gasteiger partial charge in [-0.3, -0.25) is 4.79 Å². The summed E-state index contributed by atoms with van der Waals surface area (Å²) in [7, 11) is 0. The van der Waals surface area contributed by atoms with Crippen molar-refractivity contribution in [3.63, 3.8) is 0 Å². The van der Waals surface area contributed by atoms with Crippen molar-refractivity contribution >= 4 is 17.6 Å². The van der Waals surface area contributed by atoms with Gasteiger partial charge in [0.2, 0.25) is 0 Å². The van der Waals surface area contributed by atoms with Gasteiger partial charge in [0.05, 0.1) is 0 Å². The van der Waals surface area contributed by atoms with Gasteiger partial charge in [-0.05, 0) is 49.1 Å². The van der Waals surface area contributed by atoms with E-state index in [0.717, 1.165) is 16.7 Å². The van der Waals surface area contributed by atoms with Crippen LogP contribution in [-0.4, -0.2) is 11.1 Å². The molecular weight excluding hydrogens is 226 g/mol. The SMILES string of the molecule is Cc1cc(Cl)cc(C(N)CCC(=O)O)c1C. The van der Waals surface area contributed by atoms with Crippen LogP contribution in [0.2, 0.25) is 5.02 Å². The van der Waals surface area contributed by atoms with Crippen molar-refractivity contribution in [3.8, 4) is 0 Å². The number of nitrogens with two attached hydrogens (primary N) is 1. The minimum atomic E-state index is -0.827. The highest BCUT2D eigenvalue weighted by molar-refractivity contribution is 6.30. The van der Waals surface area contributed by atoms with Gasteiger partial charge in [0.15, 0.2) is 0 Å². The number of benzene rings is 1. The quantitative estimate of drug-likeness (QED) is 0.852. The number of aryl methyl sites for hydroxylation is 1. The zero-order valence-electron chi connectivity index (χ0n) is 9.46. The standard InChI is InChI=1S/C12H16ClNO2/c1-7-5-9(13)6-10(8(7)2)11(14)3-4-12(15)16/h5-6,11H,3-4,14H2,1-2H3,(H,15,16). The Morgan fingerprint density at radius 3 is 2.69 bits per heavy atom. The van der Waals surface area contributed by atoms with Crippen LogP contribution in [0.25, 0.3) is 0 Å². The van der Waals surface area contributed by atoms with Crippen LogP contribution in [0.1, 0.15) is 35.6 Å². The number of hydrogen-bond acceptors (Lipinski definition) is 2. The lowest BCUT2D eigenvalue weighted by Gasteiger charge is -2.16. The molecule has 0 aromatic heterocycles. The van der Waals surface area contributed by atoms with Gasteiger partial charge in [-0.1, -0.05) is 11.6 Å². The summed E-state index contributed by atoms with van der Waals surface area (Å²) in [5.41, 5.74) is 9.06. The summed E-state index contributed by atoms with van der Waals surface area (Å²) in [6, 6.07) is 3.43. The molecule has 0 radical (unpaired) electrons. The van der Waals surface area contributed by atoms with E-state index in [1.165, 1.54) is 0 Å². The topological polar surface area (TPSA) is 63.3 Å². The zero-order valence-corrected chi connectivity index (χ0v) is 10.2. The number of carbonyl (C=O) groups is 1. The summed E-state index contributed by atoms with van der Waals surface area (Å²) in [5.74, 6) is -0.827. The first-order chi connectivity index (χ1) is 7.41. The molecule has 16 heavy (non-hydrogen) atoms. The molecule has 0 amide bonds. The normalized spacial score (nSPS) is 12.5. The third-order valence-electron chi connectivity index (χ3n) is 2.74. The number of carboxylic acid groups (broad SMARTS) is 1. The maximum Gasteiger partial charge on any atom is 0.303 e. The van der Waals surface area contributed by atoms with Crippen molar-refractivity contribution in [2.45, 2.75) is 32.7 Å². The monoisotopic (exact) mass is 241 g/mol. The molecule has 0 bridgehead atoms. The lowest BCUT2D eigenvalue weighted by molar-refractivity contribution is -0.137. The van der Waals surface area contributed by atoms with Crippen molar-refractivity contribution in [2.24, 2.45) is 5.73 Å². The summed E-state index contributed by atoms with van der Waals surface area (Å²) in [4.78, 5) is 10.5. The second-order valence-corrected chi connectivity index (χ2v) is 4.41. The second kappa shape index (κ2) is 5.32. The zero-order chi connectivity index (χ0) is 12.3. The van der Waals surface area contributed by atoms with Gasteiger partial charge in [0, 0.05) is 17.5 Å². The fourth-order valence-corrected chi connectivity index (χ4v) is 1.94. The van der Waals surface area contributed by atoms with Crippen LogP contribution in [0.3, 0.4) is 0 Å². The molecule has 0 saturated carbocycles. The molecule has 0 aliphatic heterocycles. The molecular formula is C12H16ClNO2. The maximum atomic E-state index is 10.5. The highest BCUT2D eigenvalue weighted by atomic mass is 35.5. The van der Waals surface area contributed by atoms with Gasteiger partial charge < -0.3 is 10.8 Å². The molecule has 1 aromatic rings. The first kappa shape index (κ1) is 13.0. The fourth-order valence-electron chi connectivity index (χ4n) is 1.66. The molecule has 0 saturated heterocycles. The van der Waals surface area contributed by atoms with Crippen LogP contribution in [0, 0.1) is 13.8 Å². The van der Waals surface area contributed by atoms with Gasteiger partial charge in [-0.15, -0.1) is 0 Å². The van der Waals surface area contributed by atoms with Crippen LogP contribution < -0.4 is 5.73 Å². The summed E-state index contributed by atoms with van der Waals surface area (Å²) < 4.78 is 0. The number of hydrogen-bond donors (Lipinski definition) is 2. The summed E-state index contributed by atoms with van der Waals surface area (Å²) in [5, 5.41) is 9.25. The molecule has 1 atom stereocenters. The molecule has 1 aromatic carbocycles. The predicted molar refractivity (Wildman–Crippen MR) is 64.7 cm³/mol. The second-order valence-electron chi connectivity index (χ2n) is 3.98. The van der Waals surface area contributed by atoms with Gasteiger partial charge >= 0.3 is 5.97 Å². The molecule has 0 heterocycles. The van der Waals surface area contributed by atoms with Crippen molar-refractivity contribution in [1.82, 2.24) is 0 Å². The summed E-state index contributed by atoms with van der Waals surface area (Å²) in [6.07, 6.45) is 0.502. The third-order valence-corrected chi connectivity index (χ3v) is 2.96. The van der Waals surface area contributed by atoms with E-state index in [9.17, 15) is 4.79 Å². The maximum absolute atomic E-state index is 10.5. The van der Waals surface area contributed by atoms with E-state index in [1.807, 2.05) is 26.0 Å². The van der Waals surface area contributed by atoms with E-state index in [4.69, 9.17) is 22.4 Å². The van der Waals surface area contributed by atoms with Crippen molar-refractivity contribution in [2.75, 3.05) is 0 Å². The Labute approximate surface area is 100 Å². The number of halogens is 1. The van der Waals surface area contributed by atoms with Crippen LogP contribution in [0.5, 0.6) is 0 Å². The highest BCUT2D eigenvalue weighted by Crippen LogP contribution is 2.26. The van der Waals surface area contributed by atoms with Gasteiger partial charge in [0.25, 0.3) is 0 Å². The average molecular weight is 242 g/mol. The number of carboxylic acids is 1. The molecule has 88 valence electrons. The lowest BCUT2D eigenvalue weighted by atomic mass is 9.95. The average Bonchev–Trinajstić information content (AvgIpc) is 2.19. The van der Waals surface area contributed by atoms with Gasteiger partial charge in [-0.25, -0.2) is 0 Å². The van der Waals surface area contributed by atoms with Crippen LogP contribution in [0.4, 0.5) is 0 Å². The Bertz CT molecular complexity index is 404. The summed E-state index contributed by atoms with van der Waals surface area (Å²) >= 11 is 5.96. The van der Waals surface area contributed by atoms with Crippen molar-refractivity contribution in [3.05, 3.63) is 33.8 Å². The largest absolute Gasteiger partial charge is 0.481 e. The number of rotatable bonds is 4. The van der Waals surface area contributed by atoms with Crippen molar-refractivity contribution < 1.29 is 9.90 Å². The number of aliphatic carboxylic acids is 1. The molecule has 0 aliphatic rings. The fraction of sp³-hybridized carbons (Fsp3) is 0.417. The Morgan fingerprint density at radius 1 is 1.50 bits per heavy atom. The lowest BCUT2D eigenvalue weighted by Crippen LogP contribution is -2.14. The molecule has 1 unspecified atom stereocenters. The van der Waals surface area contributed by atoms with Gasteiger partial charge in [0.1, 0.15) is 0 Å². The van der Waals surface area contributed by atoms with Gasteiger partial charge in [-0.2, -0.15) is 0 Å². The Morgan fingerprint density at radius 2 is 2.12 bits per heavy atom. The predicted octanol–water partition coefficient (Wildman–Crippen LogP) is 2.82. The molecule has 0 fully saturated rings. The Kier molecular flexibility index (Phi) is 4.33. The molecule has 4 heteroatoms. The van der Waals surface area contributed by atoms with E-state index >= 15 is 0 Å². The Hall–Kier alpha value is -1.06. The van der Waals surface area contributed by atoms with E-state index in [2.05, 4.69) is 0 Å². The molecule has 3 N–H and O–H groups in total. The van der Waals surface area contributed by atoms with E-state index in [-0.39, 0.29) is 12.5 Å². The minimum absolute atomic E-state index is 0.0756. The van der Waals surface area contributed by atoms with Crippen LogP contribution in [-0.2, 0) is 4.79 Å². The smallest absolute Gasteiger partial charge is 0.303 e. The summed E-state index contributed by atoms with van der Waals surface area (Å²) in [6.45, 7) is 3.94. The van der Waals surface area contributed by atoms with Crippen LogP contribution in [0.15, 0.2) is 12.1 Å². The molecule has 1 rings (SSSR count). The first-order valence-electron chi connectivity index (χ1n) is 5.16. The third kappa shape index (κ3) is 3.22. The minimum Gasteiger partial charge on any atom is -0.481 e. The Balaban J connectivity index is 2.90. The van der Waals surface area contributed by atoms with Crippen LogP contribution >= 0.6 is 11.6 Å². The molecule has 0 aliphatic carbocycles. The molecule has 3 nitrogen and oxygen atoms in total. The van der Waals surface area contributed by atoms with E-state index in [1.54, 1.807) is 0 Å². The highest BCUT2D eigenvalue weighted by Gasteiger charge is 2.13. The van der Waals surface area contributed by atoms with E-state index < -0.39 is 5.97 Å².